The molecule has 7 nitrogen and oxygen atoms in total. The lowest BCUT2D eigenvalue weighted by Crippen LogP contribution is -2.35. The van der Waals surface area contributed by atoms with E-state index in [0.717, 1.165) is 11.3 Å². The molecule has 0 unspecified atom stereocenters. The smallest absolute Gasteiger partial charge is 0.277 e. The van der Waals surface area contributed by atoms with E-state index in [9.17, 15) is 14.7 Å². The van der Waals surface area contributed by atoms with Gasteiger partial charge in [0.25, 0.3) is 5.56 Å². The Morgan fingerprint density at radius 2 is 1.88 bits per heavy atom. The van der Waals surface area contributed by atoms with Gasteiger partial charge in [-0.05, 0) is 64.3 Å². The molecule has 2 aromatic carbocycles. The van der Waals surface area contributed by atoms with E-state index in [1.54, 1.807) is 6.07 Å². The van der Waals surface area contributed by atoms with E-state index in [4.69, 9.17) is 4.74 Å². The molecule has 0 fully saturated rings. The molecular weight excluding hydrogens is 533 g/mol. The summed E-state index contributed by atoms with van der Waals surface area (Å²) >= 11 is 2.04. The average molecular weight is 557 g/mol. The van der Waals surface area contributed by atoms with E-state index in [0.29, 0.717) is 44.8 Å². The number of phenols is 1. The summed E-state index contributed by atoms with van der Waals surface area (Å²) in [5.74, 6) is 0.383. The van der Waals surface area contributed by atoms with Crippen LogP contribution >= 0.6 is 22.6 Å². The highest BCUT2D eigenvalue weighted by Gasteiger charge is 2.43. The highest BCUT2D eigenvalue weighted by Crippen LogP contribution is 2.49. The van der Waals surface area contributed by atoms with Gasteiger partial charge in [0.2, 0.25) is 0 Å². The van der Waals surface area contributed by atoms with E-state index in [-0.39, 0.29) is 22.5 Å². The van der Waals surface area contributed by atoms with E-state index in [1.807, 2.05) is 59.0 Å². The largest absolute Gasteiger partial charge is 0.504 e. The number of carbonyl (C=O) groups excluding carboxylic acids is 1. The van der Waals surface area contributed by atoms with E-state index in [1.165, 1.54) is 11.8 Å². The van der Waals surface area contributed by atoms with Crippen molar-refractivity contribution in [3.63, 3.8) is 0 Å². The zero-order valence-corrected chi connectivity index (χ0v) is 20.7. The number of anilines is 1. The number of methoxy groups -OCH3 is 1. The summed E-state index contributed by atoms with van der Waals surface area (Å²) < 4.78 is 7.47. The molecule has 170 valence electrons. The summed E-state index contributed by atoms with van der Waals surface area (Å²) in [5.41, 5.74) is 2.95. The van der Waals surface area contributed by atoms with Crippen LogP contribution in [0.5, 0.6) is 11.5 Å². The Balaban J connectivity index is 1.78. The number of nitrogens with zero attached hydrogens (tertiary/aromatic N) is 1. The Kier molecular flexibility index (Phi) is 5.15. The molecule has 0 spiro atoms. The zero-order valence-electron chi connectivity index (χ0n) is 18.5. The molecule has 3 N–H and O–H groups in total. The van der Waals surface area contributed by atoms with Gasteiger partial charge in [-0.3, -0.25) is 14.7 Å². The third-order valence-corrected chi connectivity index (χ3v) is 7.14. The number of nitrogens with one attached hydrogen (secondary N) is 2. The maximum Gasteiger partial charge on any atom is 0.277 e. The number of para-hydroxylation sites is 1. The first-order valence-corrected chi connectivity index (χ1v) is 11.8. The normalized spacial score (nSPS) is 19.0. The lowest BCUT2D eigenvalue weighted by atomic mass is 9.69. The van der Waals surface area contributed by atoms with Gasteiger partial charge >= 0.3 is 0 Å². The minimum Gasteiger partial charge on any atom is -0.504 e. The topological polar surface area (TPSA) is 96.4 Å². The quantitative estimate of drug-likeness (QED) is 0.407. The third-order valence-electron chi connectivity index (χ3n) is 6.32. The first kappa shape index (κ1) is 21.8. The van der Waals surface area contributed by atoms with Crippen molar-refractivity contribution in [3.8, 4) is 17.2 Å². The summed E-state index contributed by atoms with van der Waals surface area (Å²) in [6, 6.07) is 12.9. The second-order valence-corrected chi connectivity index (χ2v) is 10.5. The molecule has 0 bridgehead atoms. The molecule has 2 heterocycles. The SMILES string of the molecule is COc1cc([C@H]2C3=C(CC(C)(C)CC3=O)Nc3[nH]n(-c4ccccc4)c(=O)c32)cc(I)c1O. The summed E-state index contributed by atoms with van der Waals surface area (Å²) in [5, 5.41) is 17.0. The zero-order chi connectivity index (χ0) is 23.5. The average Bonchev–Trinajstić information content (AvgIpc) is 3.10. The van der Waals surface area contributed by atoms with Crippen molar-refractivity contribution in [3.05, 3.63) is 78.8 Å². The molecule has 33 heavy (non-hydrogen) atoms. The molecule has 8 heteroatoms. The number of benzene rings is 2. The number of aromatic hydroxyl groups is 1. The van der Waals surface area contributed by atoms with Gasteiger partial charge in [-0.1, -0.05) is 32.0 Å². The molecule has 0 saturated carbocycles. The van der Waals surface area contributed by atoms with Crippen LogP contribution in [0.2, 0.25) is 0 Å². The van der Waals surface area contributed by atoms with Crippen LogP contribution < -0.4 is 15.6 Å². The van der Waals surface area contributed by atoms with Gasteiger partial charge in [0, 0.05) is 23.6 Å². The maximum atomic E-state index is 13.7. The molecule has 0 saturated heterocycles. The highest BCUT2D eigenvalue weighted by atomic mass is 127. The number of ether oxygens (including phenoxy) is 1. The number of halogens is 1. The minimum atomic E-state index is -0.573. The number of hydrogen-bond donors (Lipinski definition) is 3. The number of phenolic OH excluding ortho intramolecular Hbond substituents is 1. The van der Waals surface area contributed by atoms with Crippen molar-refractivity contribution >= 4 is 34.2 Å². The number of rotatable bonds is 3. The van der Waals surface area contributed by atoms with Gasteiger partial charge in [-0.15, -0.1) is 0 Å². The van der Waals surface area contributed by atoms with Crippen LogP contribution in [-0.2, 0) is 4.79 Å². The number of hydrogen-bond acceptors (Lipinski definition) is 5. The molecule has 1 aliphatic heterocycles. The molecule has 1 aliphatic carbocycles. The monoisotopic (exact) mass is 557 g/mol. The van der Waals surface area contributed by atoms with Crippen molar-refractivity contribution < 1.29 is 14.6 Å². The minimum absolute atomic E-state index is 0.0262. The molecule has 1 aromatic heterocycles. The number of carbonyl (C=O) groups is 1. The summed E-state index contributed by atoms with van der Waals surface area (Å²) in [4.78, 5) is 27.1. The van der Waals surface area contributed by atoms with E-state index in [2.05, 4.69) is 24.3 Å². The van der Waals surface area contributed by atoms with Crippen molar-refractivity contribution in [1.29, 1.82) is 0 Å². The number of allylic oxidation sites excluding steroid dienone is 2. The predicted octanol–water partition coefficient (Wildman–Crippen LogP) is 4.69. The standard InChI is InChI=1S/C25H24IN3O4/c1-25(2)11-16-20(17(30)12-25)19(13-9-15(26)22(31)18(10-13)33-3)21-23(27-16)28-29(24(21)32)14-7-5-4-6-8-14/h4-10,19,27-28,31H,11-12H2,1-3H3/t19-/m0/s1. The first-order valence-electron chi connectivity index (χ1n) is 10.7. The van der Waals surface area contributed by atoms with Crippen molar-refractivity contribution in [2.75, 3.05) is 12.4 Å². The molecule has 3 aromatic rings. The summed E-state index contributed by atoms with van der Waals surface area (Å²) in [6.07, 6.45) is 1.10. The first-order chi connectivity index (χ1) is 15.7. The fourth-order valence-electron chi connectivity index (χ4n) is 4.90. The Morgan fingerprint density at radius 3 is 2.58 bits per heavy atom. The number of Topliss-reactive ketones (excluding diaryl/α,β-unsaturated/α-hetero) is 1. The molecular formula is C25H24IN3O4. The van der Waals surface area contributed by atoms with Crippen LogP contribution in [0.4, 0.5) is 5.82 Å². The van der Waals surface area contributed by atoms with Gasteiger partial charge in [0.1, 0.15) is 5.82 Å². The van der Waals surface area contributed by atoms with Crippen LogP contribution in [0.15, 0.2) is 58.5 Å². The van der Waals surface area contributed by atoms with Crippen LogP contribution in [0.3, 0.4) is 0 Å². The number of fused-ring (bicyclic) bond motifs is 1. The Labute approximate surface area is 204 Å². The maximum absolute atomic E-state index is 13.7. The number of H-pyrrole nitrogens is 1. The molecule has 5 rings (SSSR count). The van der Waals surface area contributed by atoms with Gasteiger partial charge in [-0.2, -0.15) is 0 Å². The molecule has 0 radical (unpaired) electrons. The number of ketones is 1. The fraction of sp³-hybridized carbons (Fsp3) is 0.280. The fourth-order valence-corrected chi connectivity index (χ4v) is 5.52. The number of aromatic amines is 1. The summed E-state index contributed by atoms with van der Waals surface area (Å²) in [7, 11) is 1.49. The highest BCUT2D eigenvalue weighted by molar-refractivity contribution is 14.1. The lowest BCUT2D eigenvalue weighted by molar-refractivity contribution is -0.118. The van der Waals surface area contributed by atoms with Crippen molar-refractivity contribution in [2.45, 2.75) is 32.6 Å². The lowest BCUT2D eigenvalue weighted by Gasteiger charge is -2.38. The van der Waals surface area contributed by atoms with Crippen LogP contribution in [0, 0.1) is 8.99 Å². The van der Waals surface area contributed by atoms with Crippen LogP contribution in [-0.4, -0.2) is 27.8 Å². The van der Waals surface area contributed by atoms with Gasteiger partial charge in [-0.25, -0.2) is 4.68 Å². The van der Waals surface area contributed by atoms with Crippen molar-refractivity contribution in [2.24, 2.45) is 5.41 Å². The predicted molar refractivity (Wildman–Crippen MR) is 134 cm³/mol. The summed E-state index contributed by atoms with van der Waals surface area (Å²) in [6.45, 7) is 4.15. The van der Waals surface area contributed by atoms with Gasteiger partial charge < -0.3 is 15.2 Å². The molecule has 2 aliphatic rings. The Morgan fingerprint density at radius 1 is 1.15 bits per heavy atom. The molecule has 0 amide bonds. The second kappa shape index (κ2) is 7.79. The van der Waals surface area contributed by atoms with E-state index >= 15 is 0 Å². The Bertz CT molecular complexity index is 1370. The van der Waals surface area contributed by atoms with Crippen molar-refractivity contribution in [1.82, 2.24) is 9.78 Å². The van der Waals surface area contributed by atoms with E-state index < -0.39 is 5.92 Å². The molecule has 1 atom stereocenters. The second-order valence-electron chi connectivity index (χ2n) is 9.32. The number of aromatic nitrogens is 2. The van der Waals surface area contributed by atoms with Crippen LogP contribution in [0.25, 0.3) is 5.69 Å². The Hall–Kier alpha value is -3.01. The third kappa shape index (κ3) is 3.56. The van der Waals surface area contributed by atoms with Gasteiger partial charge in [0.15, 0.2) is 17.3 Å². The van der Waals surface area contributed by atoms with Gasteiger partial charge in [0.05, 0.1) is 21.9 Å². The van der Waals surface area contributed by atoms with Crippen LogP contribution in [0.1, 0.15) is 43.7 Å².